The molecule has 6 nitrogen and oxygen atoms in total. The van der Waals surface area contributed by atoms with Crippen molar-refractivity contribution in [2.45, 2.75) is 13.5 Å². The van der Waals surface area contributed by atoms with Crippen molar-refractivity contribution in [3.05, 3.63) is 66.2 Å². The molecule has 3 heterocycles. The topological polar surface area (TPSA) is 60.0 Å². The van der Waals surface area contributed by atoms with Crippen LogP contribution in [0.2, 0.25) is 0 Å². The zero-order valence-corrected chi connectivity index (χ0v) is 13.6. The Labute approximate surface area is 139 Å². The van der Waals surface area contributed by atoms with Gasteiger partial charge in [-0.2, -0.15) is 10.2 Å². The molecule has 0 amide bonds. The molecule has 1 N–H and O–H groups in total. The molecular weight excluding hydrogens is 300 g/mol. The van der Waals surface area contributed by atoms with Crippen molar-refractivity contribution in [1.29, 1.82) is 0 Å². The van der Waals surface area contributed by atoms with Crippen LogP contribution in [0.1, 0.15) is 11.1 Å². The molecule has 6 heteroatoms. The smallest absolute Gasteiger partial charge is 0.154 e. The fourth-order valence-electron chi connectivity index (χ4n) is 2.77. The Morgan fingerprint density at radius 2 is 1.96 bits per heavy atom. The number of aromatic nitrogens is 5. The minimum Gasteiger partial charge on any atom is -0.381 e. The van der Waals surface area contributed by atoms with E-state index in [1.807, 2.05) is 42.5 Å². The molecule has 0 saturated heterocycles. The highest BCUT2D eigenvalue weighted by Gasteiger charge is 2.06. The zero-order chi connectivity index (χ0) is 16.5. The number of hydrogen-bond donors (Lipinski definition) is 1. The first-order valence-corrected chi connectivity index (χ1v) is 7.82. The first kappa shape index (κ1) is 14.4. The van der Waals surface area contributed by atoms with Crippen molar-refractivity contribution >= 4 is 11.3 Å². The van der Waals surface area contributed by atoms with E-state index >= 15 is 0 Å². The van der Waals surface area contributed by atoms with Crippen LogP contribution in [0.5, 0.6) is 0 Å². The van der Waals surface area contributed by atoms with Gasteiger partial charge in [0.15, 0.2) is 5.65 Å². The standard InChI is InChI=1S/C18H18N6/c1-13-3-4-15(17-5-7-21-23(17)2)9-16(13)19-10-14-11-20-18-6-8-22-24(18)12-14/h3-9,11-12,19H,10H2,1-2H3. The second kappa shape index (κ2) is 5.81. The third-order valence-corrected chi connectivity index (χ3v) is 4.14. The van der Waals surface area contributed by atoms with Crippen molar-refractivity contribution in [3.63, 3.8) is 0 Å². The van der Waals surface area contributed by atoms with Crippen molar-refractivity contribution < 1.29 is 0 Å². The van der Waals surface area contributed by atoms with Gasteiger partial charge in [-0.05, 0) is 24.6 Å². The van der Waals surface area contributed by atoms with Gasteiger partial charge < -0.3 is 5.32 Å². The summed E-state index contributed by atoms with van der Waals surface area (Å²) in [5, 5.41) is 12.0. The summed E-state index contributed by atoms with van der Waals surface area (Å²) in [5.41, 5.74) is 6.48. The number of rotatable bonds is 4. The van der Waals surface area contributed by atoms with E-state index in [0.29, 0.717) is 6.54 Å². The zero-order valence-electron chi connectivity index (χ0n) is 13.6. The predicted octanol–water partition coefficient (Wildman–Crippen LogP) is 3.05. The maximum Gasteiger partial charge on any atom is 0.154 e. The molecule has 3 aromatic heterocycles. The normalized spacial score (nSPS) is 11.1. The lowest BCUT2D eigenvalue weighted by molar-refractivity contribution is 0.776. The molecule has 0 fully saturated rings. The number of benzene rings is 1. The first-order chi connectivity index (χ1) is 11.7. The maximum absolute atomic E-state index is 4.39. The Balaban J connectivity index is 1.58. The number of fused-ring (bicyclic) bond motifs is 1. The van der Waals surface area contributed by atoms with E-state index in [4.69, 9.17) is 0 Å². The van der Waals surface area contributed by atoms with E-state index in [-0.39, 0.29) is 0 Å². The van der Waals surface area contributed by atoms with Gasteiger partial charge in [-0.15, -0.1) is 0 Å². The Hall–Kier alpha value is -3.15. The highest BCUT2D eigenvalue weighted by molar-refractivity contribution is 5.67. The number of nitrogens with one attached hydrogen (secondary N) is 1. The summed E-state index contributed by atoms with van der Waals surface area (Å²) in [6, 6.07) is 10.3. The third-order valence-electron chi connectivity index (χ3n) is 4.14. The summed E-state index contributed by atoms with van der Waals surface area (Å²) >= 11 is 0. The minimum atomic E-state index is 0.693. The van der Waals surface area contributed by atoms with Crippen molar-refractivity contribution in [3.8, 4) is 11.3 Å². The van der Waals surface area contributed by atoms with Crippen LogP contribution in [-0.4, -0.2) is 24.4 Å². The molecule has 0 atom stereocenters. The van der Waals surface area contributed by atoms with Crippen LogP contribution in [0.25, 0.3) is 16.9 Å². The Morgan fingerprint density at radius 1 is 1.08 bits per heavy atom. The van der Waals surface area contributed by atoms with Crippen LogP contribution in [0, 0.1) is 6.92 Å². The molecule has 24 heavy (non-hydrogen) atoms. The quantitative estimate of drug-likeness (QED) is 0.628. The Morgan fingerprint density at radius 3 is 2.79 bits per heavy atom. The second-order valence-electron chi connectivity index (χ2n) is 5.82. The van der Waals surface area contributed by atoms with Gasteiger partial charge in [0.2, 0.25) is 0 Å². The second-order valence-corrected chi connectivity index (χ2v) is 5.82. The Kier molecular flexibility index (Phi) is 3.49. The van der Waals surface area contributed by atoms with Crippen LogP contribution in [-0.2, 0) is 13.6 Å². The molecule has 0 radical (unpaired) electrons. The maximum atomic E-state index is 4.39. The molecule has 4 aromatic rings. The Bertz CT molecular complexity index is 998. The van der Waals surface area contributed by atoms with Crippen molar-refractivity contribution in [2.75, 3.05) is 5.32 Å². The third kappa shape index (κ3) is 2.62. The molecule has 0 aliphatic heterocycles. The molecule has 0 saturated carbocycles. The van der Waals surface area contributed by atoms with Gasteiger partial charge in [0, 0.05) is 55.1 Å². The molecule has 0 spiro atoms. The van der Waals surface area contributed by atoms with E-state index < -0.39 is 0 Å². The summed E-state index contributed by atoms with van der Waals surface area (Å²) < 4.78 is 3.67. The number of aryl methyl sites for hydroxylation is 2. The lowest BCUT2D eigenvalue weighted by Gasteiger charge is -2.12. The molecule has 0 aliphatic rings. The SMILES string of the molecule is Cc1ccc(-c2ccnn2C)cc1NCc1cnc2ccnn2c1. The van der Waals surface area contributed by atoms with Crippen LogP contribution < -0.4 is 5.32 Å². The number of anilines is 1. The fourth-order valence-corrected chi connectivity index (χ4v) is 2.77. The van der Waals surface area contributed by atoms with Gasteiger partial charge in [-0.25, -0.2) is 9.50 Å². The van der Waals surface area contributed by atoms with E-state index in [9.17, 15) is 0 Å². The molecule has 0 aliphatic carbocycles. The summed E-state index contributed by atoms with van der Waals surface area (Å²) in [4.78, 5) is 4.39. The fraction of sp³-hybridized carbons (Fsp3) is 0.167. The van der Waals surface area contributed by atoms with E-state index in [2.05, 4.69) is 45.6 Å². The lowest BCUT2D eigenvalue weighted by Crippen LogP contribution is -2.04. The monoisotopic (exact) mass is 318 g/mol. The van der Waals surface area contributed by atoms with E-state index in [0.717, 1.165) is 28.2 Å². The van der Waals surface area contributed by atoms with E-state index in [1.165, 1.54) is 5.56 Å². The van der Waals surface area contributed by atoms with Gasteiger partial charge in [0.25, 0.3) is 0 Å². The molecule has 1 aromatic carbocycles. The van der Waals surface area contributed by atoms with Gasteiger partial charge in [-0.3, -0.25) is 4.68 Å². The van der Waals surface area contributed by atoms with Crippen LogP contribution in [0.4, 0.5) is 5.69 Å². The van der Waals surface area contributed by atoms with Crippen LogP contribution in [0.15, 0.2) is 55.1 Å². The summed E-state index contributed by atoms with van der Waals surface area (Å²) in [5.74, 6) is 0. The molecular formula is C18H18N6. The van der Waals surface area contributed by atoms with Crippen molar-refractivity contribution in [1.82, 2.24) is 24.4 Å². The lowest BCUT2D eigenvalue weighted by atomic mass is 10.1. The number of nitrogens with zero attached hydrogens (tertiary/aromatic N) is 5. The molecule has 120 valence electrons. The van der Waals surface area contributed by atoms with Gasteiger partial charge in [0.05, 0.1) is 11.9 Å². The largest absolute Gasteiger partial charge is 0.381 e. The van der Waals surface area contributed by atoms with Gasteiger partial charge in [-0.1, -0.05) is 12.1 Å². The average Bonchev–Trinajstić information content (AvgIpc) is 3.22. The van der Waals surface area contributed by atoms with E-state index in [1.54, 1.807) is 10.7 Å². The van der Waals surface area contributed by atoms with Crippen LogP contribution >= 0.6 is 0 Å². The summed E-state index contributed by atoms with van der Waals surface area (Å²) in [6.45, 7) is 2.79. The molecule has 0 unspecified atom stereocenters. The first-order valence-electron chi connectivity index (χ1n) is 7.82. The highest BCUT2D eigenvalue weighted by atomic mass is 15.3. The molecule has 4 rings (SSSR count). The average molecular weight is 318 g/mol. The summed E-state index contributed by atoms with van der Waals surface area (Å²) in [6.07, 6.45) is 7.44. The summed E-state index contributed by atoms with van der Waals surface area (Å²) in [7, 11) is 1.95. The van der Waals surface area contributed by atoms with Gasteiger partial charge >= 0.3 is 0 Å². The predicted molar refractivity (Wildman–Crippen MR) is 93.7 cm³/mol. The highest BCUT2D eigenvalue weighted by Crippen LogP contribution is 2.25. The number of hydrogen-bond acceptors (Lipinski definition) is 4. The molecule has 0 bridgehead atoms. The minimum absolute atomic E-state index is 0.693. The van der Waals surface area contributed by atoms with Gasteiger partial charge in [0.1, 0.15) is 0 Å². The van der Waals surface area contributed by atoms with Crippen molar-refractivity contribution in [2.24, 2.45) is 7.05 Å². The van der Waals surface area contributed by atoms with Crippen LogP contribution in [0.3, 0.4) is 0 Å².